The fourth-order valence-electron chi connectivity index (χ4n) is 2.83. The van der Waals surface area contributed by atoms with E-state index in [-0.39, 0.29) is 16.5 Å². The number of anilines is 1. The van der Waals surface area contributed by atoms with E-state index in [1.54, 1.807) is 6.07 Å². The Morgan fingerprint density at radius 3 is 2.31 bits per heavy atom. The largest absolute Gasteiger partial charge is 0.369 e. The van der Waals surface area contributed by atoms with Crippen LogP contribution in [0.3, 0.4) is 0 Å². The molecule has 0 unspecified atom stereocenters. The van der Waals surface area contributed by atoms with Crippen LogP contribution in [0.15, 0.2) is 47.4 Å². The van der Waals surface area contributed by atoms with Gasteiger partial charge in [-0.25, -0.2) is 13.1 Å². The normalized spacial score (nSPS) is 16.0. The number of rotatable bonds is 5. The second-order valence-electron chi connectivity index (χ2n) is 6.36. The van der Waals surface area contributed by atoms with Crippen LogP contribution in [0.2, 0.25) is 10.0 Å². The van der Waals surface area contributed by atoms with Gasteiger partial charge in [-0.15, -0.1) is 0 Å². The third kappa shape index (κ3) is 4.69. The first-order valence-electron chi connectivity index (χ1n) is 8.32. The standard InChI is InChI=1S/C18H21Cl2N3O2S/c1-22-8-10-23(11-9-22)16-5-2-14(3-6-16)13-21-26(24,25)18-12-15(19)4-7-17(18)20/h2-7,12,21H,8-11,13H2,1H3. The molecule has 0 saturated carbocycles. The summed E-state index contributed by atoms with van der Waals surface area (Å²) >= 11 is 11.9. The Labute approximate surface area is 164 Å². The van der Waals surface area contributed by atoms with E-state index < -0.39 is 10.0 Å². The zero-order valence-electron chi connectivity index (χ0n) is 14.5. The molecule has 2 aromatic carbocycles. The highest BCUT2D eigenvalue weighted by molar-refractivity contribution is 7.89. The Hall–Kier alpha value is -1.31. The molecule has 0 atom stereocenters. The van der Waals surface area contributed by atoms with E-state index in [1.165, 1.54) is 12.1 Å². The van der Waals surface area contributed by atoms with Crippen molar-refractivity contribution in [2.45, 2.75) is 11.4 Å². The lowest BCUT2D eigenvalue weighted by molar-refractivity contribution is 0.313. The molecule has 8 heteroatoms. The Morgan fingerprint density at radius 2 is 1.65 bits per heavy atom. The Morgan fingerprint density at radius 1 is 1.00 bits per heavy atom. The minimum absolute atomic E-state index is 0.0132. The highest BCUT2D eigenvalue weighted by Gasteiger charge is 2.18. The lowest BCUT2D eigenvalue weighted by Gasteiger charge is -2.34. The Balaban J connectivity index is 1.65. The van der Waals surface area contributed by atoms with Crippen molar-refractivity contribution in [1.29, 1.82) is 0 Å². The summed E-state index contributed by atoms with van der Waals surface area (Å²) in [5.41, 5.74) is 2.03. The highest BCUT2D eigenvalue weighted by Crippen LogP contribution is 2.25. The van der Waals surface area contributed by atoms with E-state index >= 15 is 0 Å². The van der Waals surface area contributed by atoms with E-state index in [4.69, 9.17) is 23.2 Å². The third-order valence-corrected chi connectivity index (χ3v) is 6.57. The molecular weight excluding hydrogens is 393 g/mol. The predicted octanol–water partition coefficient (Wildman–Crippen LogP) is 3.22. The monoisotopic (exact) mass is 413 g/mol. The van der Waals surface area contributed by atoms with E-state index in [0.29, 0.717) is 5.02 Å². The van der Waals surface area contributed by atoms with Crippen LogP contribution in [-0.4, -0.2) is 46.5 Å². The fourth-order valence-corrected chi connectivity index (χ4v) is 4.61. The van der Waals surface area contributed by atoms with Crippen LogP contribution in [0.4, 0.5) is 5.69 Å². The Bertz CT molecular complexity index is 865. The molecule has 140 valence electrons. The maximum Gasteiger partial charge on any atom is 0.242 e. The number of nitrogens with zero attached hydrogens (tertiary/aromatic N) is 2. The summed E-state index contributed by atoms with van der Waals surface area (Å²) in [6.45, 7) is 4.27. The summed E-state index contributed by atoms with van der Waals surface area (Å²) in [5, 5.41) is 0.471. The Kier molecular flexibility index (Phi) is 6.10. The lowest BCUT2D eigenvalue weighted by atomic mass is 10.2. The summed E-state index contributed by atoms with van der Waals surface area (Å²) in [6.07, 6.45) is 0. The molecule has 2 aromatic rings. The molecule has 1 N–H and O–H groups in total. The number of nitrogens with one attached hydrogen (secondary N) is 1. The van der Waals surface area contributed by atoms with E-state index in [0.717, 1.165) is 37.4 Å². The number of benzene rings is 2. The summed E-state index contributed by atoms with van der Waals surface area (Å²) in [6, 6.07) is 12.3. The van der Waals surface area contributed by atoms with Crippen molar-refractivity contribution in [1.82, 2.24) is 9.62 Å². The van der Waals surface area contributed by atoms with Crippen molar-refractivity contribution in [3.05, 3.63) is 58.1 Å². The predicted molar refractivity (Wildman–Crippen MR) is 107 cm³/mol. The molecule has 0 aromatic heterocycles. The van der Waals surface area contributed by atoms with Gasteiger partial charge in [0.25, 0.3) is 0 Å². The first-order valence-corrected chi connectivity index (χ1v) is 10.6. The van der Waals surface area contributed by atoms with Gasteiger partial charge >= 0.3 is 0 Å². The van der Waals surface area contributed by atoms with Crippen LogP contribution < -0.4 is 9.62 Å². The molecule has 0 radical (unpaired) electrons. The number of hydrogen-bond acceptors (Lipinski definition) is 4. The van der Waals surface area contributed by atoms with Gasteiger partial charge in [-0.2, -0.15) is 0 Å². The average Bonchev–Trinajstić information content (AvgIpc) is 2.63. The van der Waals surface area contributed by atoms with Crippen LogP contribution in [0.1, 0.15) is 5.56 Å². The smallest absolute Gasteiger partial charge is 0.242 e. The number of hydrogen-bond donors (Lipinski definition) is 1. The third-order valence-electron chi connectivity index (χ3n) is 4.45. The van der Waals surface area contributed by atoms with Gasteiger partial charge < -0.3 is 9.80 Å². The summed E-state index contributed by atoms with van der Waals surface area (Å²) in [5.74, 6) is 0. The molecule has 3 rings (SSSR count). The molecule has 1 saturated heterocycles. The number of halogens is 2. The van der Waals surface area contributed by atoms with Gasteiger partial charge in [-0.05, 0) is 42.9 Å². The zero-order chi connectivity index (χ0) is 18.7. The van der Waals surface area contributed by atoms with Gasteiger partial charge in [0.1, 0.15) is 4.90 Å². The molecule has 1 fully saturated rings. The molecule has 0 bridgehead atoms. The molecule has 26 heavy (non-hydrogen) atoms. The van der Waals surface area contributed by atoms with Crippen molar-refractivity contribution < 1.29 is 8.42 Å². The summed E-state index contributed by atoms with van der Waals surface area (Å²) in [4.78, 5) is 4.63. The van der Waals surface area contributed by atoms with Gasteiger partial charge in [-0.1, -0.05) is 35.3 Å². The molecule has 1 aliphatic heterocycles. The van der Waals surface area contributed by atoms with E-state index in [2.05, 4.69) is 21.6 Å². The quantitative estimate of drug-likeness (QED) is 0.817. The van der Waals surface area contributed by atoms with Gasteiger partial charge in [0.15, 0.2) is 0 Å². The van der Waals surface area contributed by atoms with Crippen LogP contribution >= 0.6 is 23.2 Å². The molecular formula is C18H21Cl2N3O2S. The average molecular weight is 414 g/mol. The van der Waals surface area contributed by atoms with Crippen LogP contribution in [0, 0.1) is 0 Å². The van der Waals surface area contributed by atoms with Crippen molar-refractivity contribution in [2.24, 2.45) is 0 Å². The number of piperazine rings is 1. The molecule has 0 amide bonds. The first kappa shape index (κ1) is 19.5. The number of likely N-dealkylation sites (N-methyl/N-ethyl adjacent to an activating group) is 1. The topological polar surface area (TPSA) is 52.6 Å². The van der Waals surface area contributed by atoms with E-state index in [9.17, 15) is 8.42 Å². The van der Waals surface area contributed by atoms with Gasteiger partial charge in [0.2, 0.25) is 10.0 Å². The van der Waals surface area contributed by atoms with Gasteiger partial charge in [-0.3, -0.25) is 0 Å². The molecule has 1 aliphatic rings. The van der Waals surface area contributed by atoms with Crippen LogP contribution in [0.25, 0.3) is 0 Å². The molecule has 0 aliphatic carbocycles. The first-order chi connectivity index (χ1) is 12.3. The van der Waals surface area contributed by atoms with Crippen molar-refractivity contribution in [3.63, 3.8) is 0 Å². The molecule has 1 heterocycles. The maximum absolute atomic E-state index is 12.5. The van der Waals surface area contributed by atoms with E-state index in [1.807, 2.05) is 24.3 Å². The second kappa shape index (κ2) is 8.15. The SMILES string of the molecule is CN1CCN(c2ccc(CNS(=O)(=O)c3cc(Cl)ccc3Cl)cc2)CC1. The van der Waals surface area contributed by atoms with Crippen molar-refractivity contribution >= 4 is 38.9 Å². The molecule has 5 nitrogen and oxygen atoms in total. The fraction of sp³-hybridized carbons (Fsp3) is 0.333. The van der Waals surface area contributed by atoms with Crippen molar-refractivity contribution in [2.75, 3.05) is 38.1 Å². The summed E-state index contributed by atoms with van der Waals surface area (Å²) < 4.78 is 27.5. The molecule has 0 spiro atoms. The second-order valence-corrected chi connectivity index (χ2v) is 8.94. The van der Waals surface area contributed by atoms with Crippen LogP contribution in [-0.2, 0) is 16.6 Å². The zero-order valence-corrected chi connectivity index (χ0v) is 16.8. The lowest BCUT2D eigenvalue weighted by Crippen LogP contribution is -2.44. The minimum atomic E-state index is -3.73. The minimum Gasteiger partial charge on any atom is -0.369 e. The highest BCUT2D eigenvalue weighted by atomic mass is 35.5. The summed E-state index contributed by atoms with van der Waals surface area (Å²) in [7, 11) is -1.61. The van der Waals surface area contributed by atoms with Gasteiger partial charge in [0, 0.05) is 43.4 Å². The number of sulfonamides is 1. The van der Waals surface area contributed by atoms with Gasteiger partial charge in [0.05, 0.1) is 5.02 Å². The van der Waals surface area contributed by atoms with Crippen molar-refractivity contribution in [3.8, 4) is 0 Å². The maximum atomic E-state index is 12.5. The van der Waals surface area contributed by atoms with Crippen LogP contribution in [0.5, 0.6) is 0 Å².